The highest BCUT2D eigenvalue weighted by molar-refractivity contribution is 7.99. The smallest absolute Gasteiger partial charge is 0.346 e. The Morgan fingerprint density at radius 1 is 1.29 bits per heavy atom. The summed E-state index contributed by atoms with van der Waals surface area (Å²) in [6.07, 6.45) is 3.60. The maximum absolute atomic E-state index is 12.0. The minimum atomic E-state index is -0.536. The van der Waals surface area contributed by atoms with Crippen LogP contribution in [0.4, 0.5) is 0 Å². The Balaban J connectivity index is 1.84. The molecule has 1 N–H and O–H groups in total. The van der Waals surface area contributed by atoms with Crippen molar-refractivity contribution in [2.24, 2.45) is 19.2 Å². The topological polar surface area (TPSA) is 108 Å². The van der Waals surface area contributed by atoms with Gasteiger partial charge in [0.1, 0.15) is 5.75 Å². The summed E-state index contributed by atoms with van der Waals surface area (Å²) >= 11 is 0.943. The molecule has 2 aromatic rings. The summed E-state index contributed by atoms with van der Waals surface area (Å²) in [5.74, 6) is 0.345. The zero-order valence-corrected chi connectivity index (χ0v) is 16.9. The number of hydrazone groups is 1. The molecule has 9 nitrogen and oxygen atoms in total. The second-order valence-corrected chi connectivity index (χ2v) is 6.89. The van der Waals surface area contributed by atoms with Crippen LogP contribution in [-0.2, 0) is 18.9 Å². The lowest BCUT2D eigenvalue weighted by molar-refractivity contribution is -0.118. The molecule has 0 radical (unpaired) electrons. The van der Waals surface area contributed by atoms with Gasteiger partial charge in [-0.25, -0.2) is 14.9 Å². The minimum Gasteiger partial charge on any atom is -0.494 e. The van der Waals surface area contributed by atoms with Gasteiger partial charge in [-0.3, -0.25) is 14.2 Å². The molecule has 0 aliphatic rings. The van der Waals surface area contributed by atoms with E-state index in [9.17, 15) is 14.4 Å². The zero-order chi connectivity index (χ0) is 20.5. The van der Waals surface area contributed by atoms with Gasteiger partial charge >= 0.3 is 5.69 Å². The van der Waals surface area contributed by atoms with Crippen LogP contribution in [-0.4, -0.2) is 38.8 Å². The van der Waals surface area contributed by atoms with Crippen LogP contribution in [0.5, 0.6) is 5.75 Å². The number of rotatable bonds is 9. The van der Waals surface area contributed by atoms with Crippen molar-refractivity contribution in [1.82, 2.24) is 19.8 Å². The van der Waals surface area contributed by atoms with Crippen molar-refractivity contribution in [2.45, 2.75) is 24.8 Å². The van der Waals surface area contributed by atoms with Gasteiger partial charge in [0.15, 0.2) is 5.03 Å². The number of carbonyl (C=O) groups is 1. The first-order chi connectivity index (χ1) is 13.4. The molecule has 1 amide bonds. The molecule has 0 aliphatic heterocycles. The van der Waals surface area contributed by atoms with Crippen LogP contribution in [0.2, 0.25) is 0 Å². The van der Waals surface area contributed by atoms with Gasteiger partial charge in [0.2, 0.25) is 5.91 Å². The Morgan fingerprint density at radius 2 is 2.00 bits per heavy atom. The number of hydrogen-bond donors (Lipinski definition) is 1. The van der Waals surface area contributed by atoms with Crippen molar-refractivity contribution < 1.29 is 9.53 Å². The molecule has 0 saturated carbocycles. The molecule has 1 aromatic heterocycles. The summed E-state index contributed by atoms with van der Waals surface area (Å²) in [4.78, 5) is 35.4. The third-order valence-electron chi connectivity index (χ3n) is 3.68. The fraction of sp³-hybridized carbons (Fsp3) is 0.389. The molecule has 2 rings (SSSR count). The van der Waals surface area contributed by atoms with E-state index < -0.39 is 17.2 Å². The largest absolute Gasteiger partial charge is 0.494 e. The molecular formula is C18H23N5O4S. The quantitative estimate of drug-likeness (QED) is 0.287. The van der Waals surface area contributed by atoms with Gasteiger partial charge in [-0.2, -0.15) is 10.2 Å². The van der Waals surface area contributed by atoms with E-state index in [1.807, 2.05) is 24.3 Å². The molecule has 0 atom stereocenters. The predicted octanol–water partition coefficient (Wildman–Crippen LogP) is 0.900. The van der Waals surface area contributed by atoms with Gasteiger partial charge in [0.25, 0.3) is 5.56 Å². The molecule has 0 fully saturated rings. The van der Waals surface area contributed by atoms with E-state index in [4.69, 9.17) is 4.74 Å². The van der Waals surface area contributed by atoms with E-state index in [0.717, 1.165) is 45.2 Å². The number of carbonyl (C=O) groups excluding carboxylic acids is 1. The number of amides is 1. The first-order valence-corrected chi connectivity index (χ1v) is 9.72. The summed E-state index contributed by atoms with van der Waals surface area (Å²) in [5, 5.41) is 7.84. The van der Waals surface area contributed by atoms with Crippen LogP contribution in [0.1, 0.15) is 25.3 Å². The van der Waals surface area contributed by atoms with Crippen molar-refractivity contribution in [3.63, 3.8) is 0 Å². The van der Waals surface area contributed by atoms with Crippen molar-refractivity contribution in [3.05, 3.63) is 50.7 Å². The Hall–Kier alpha value is -2.88. The lowest BCUT2D eigenvalue weighted by atomic mass is 10.2. The number of aryl methyl sites for hydroxylation is 1. The number of hydrogen-bond acceptors (Lipinski definition) is 7. The van der Waals surface area contributed by atoms with Gasteiger partial charge in [-0.05, 0) is 36.2 Å². The Labute approximate surface area is 166 Å². The maximum atomic E-state index is 12.0. The maximum Gasteiger partial charge on any atom is 0.346 e. The van der Waals surface area contributed by atoms with Crippen LogP contribution in [0, 0.1) is 0 Å². The van der Waals surface area contributed by atoms with Crippen molar-refractivity contribution in [3.8, 4) is 5.75 Å². The lowest BCUT2D eigenvalue weighted by Crippen LogP contribution is -2.39. The number of unbranched alkanes of at least 4 members (excludes halogenated alkanes) is 1. The molecule has 0 spiro atoms. The fourth-order valence-corrected chi connectivity index (χ4v) is 2.86. The van der Waals surface area contributed by atoms with Crippen LogP contribution in [0.25, 0.3) is 0 Å². The average Bonchev–Trinajstić information content (AvgIpc) is 2.69. The third kappa shape index (κ3) is 6.08. The highest BCUT2D eigenvalue weighted by Crippen LogP contribution is 2.11. The van der Waals surface area contributed by atoms with Gasteiger partial charge in [0, 0.05) is 14.1 Å². The first-order valence-electron chi connectivity index (χ1n) is 8.74. The SMILES string of the molecule is CCCCOc1ccc(/C=N\NC(=O)CSc2nn(C)c(=O)n(C)c2=O)cc1. The Kier molecular flexibility index (Phi) is 8.00. The summed E-state index contributed by atoms with van der Waals surface area (Å²) in [6, 6.07) is 7.36. The van der Waals surface area contributed by atoms with Crippen molar-refractivity contribution >= 4 is 23.9 Å². The van der Waals surface area contributed by atoms with E-state index in [1.54, 1.807) is 0 Å². The summed E-state index contributed by atoms with van der Waals surface area (Å²) in [5.41, 5.74) is 2.14. The number of nitrogens with zero attached hydrogens (tertiary/aromatic N) is 4. The lowest BCUT2D eigenvalue weighted by Gasteiger charge is -2.05. The fourth-order valence-electron chi connectivity index (χ4n) is 2.09. The molecule has 1 heterocycles. The normalized spacial score (nSPS) is 11.0. The van der Waals surface area contributed by atoms with Crippen LogP contribution >= 0.6 is 11.8 Å². The number of thioether (sulfide) groups is 1. The Morgan fingerprint density at radius 3 is 2.68 bits per heavy atom. The van der Waals surface area contributed by atoms with Crippen LogP contribution < -0.4 is 21.4 Å². The summed E-state index contributed by atoms with van der Waals surface area (Å²) in [6.45, 7) is 2.79. The second kappa shape index (κ2) is 10.5. The highest BCUT2D eigenvalue weighted by Gasteiger charge is 2.11. The van der Waals surface area contributed by atoms with Crippen LogP contribution in [0.3, 0.4) is 0 Å². The second-order valence-electron chi connectivity index (χ2n) is 5.93. The van der Waals surface area contributed by atoms with E-state index in [0.29, 0.717) is 6.61 Å². The molecule has 0 bridgehead atoms. The monoisotopic (exact) mass is 405 g/mol. The summed E-state index contributed by atoms with van der Waals surface area (Å²) < 4.78 is 7.58. The first kappa shape index (κ1) is 21.4. The molecule has 0 aliphatic carbocycles. The molecule has 10 heteroatoms. The van der Waals surface area contributed by atoms with Gasteiger partial charge in [-0.1, -0.05) is 25.1 Å². The zero-order valence-electron chi connectivity index (χ0n) is 16.0. The van der Waals surface area contributed by atoms with Crippen molar-refractivity contribution in [2.75, 3.05) is 12.4 Å². The standard InChI is InChI=1S/C18H23N5O4S/c1-4-5-10-27-14-8-6-13(7-9-14)11-19-20-15(24)12-28-16-17(25)22(2)18(26)23(3)21-16/h6-9,11H,4-5,10,12H2,1-3H3,(H,20,24)/b19-11-. The summed E-state index contributed by atoms with van der Waals surface area (Å²) in [7, 11) is 2.80. The van der Waals surface area contributed by atoms with Crippen molar-refractivity contribution in [1.29, 1.82) is 0 Å². The molecule has 0 unspecified atom stereocenters. The molecule has 1 aromatic carbocycles. The molecule has 0 saturated heterocycles. The predicted molar refractivity (Wildman–Crippen MR) is 108 cm³/mol. The number of benzene rings is 1. The molecule has 150 valence electrons. The number of nitrogens with one attached hydrogen (secondary N) is 1. The number of ether oxygens (including phenoxy) is 1. The van der Waals surface area contributed by atoms with Gasteiger partial charge in [-0.15, -0.1) is 0 Å². The molecule has 28 heavy (non-hydrogen) atoms. The molecular weight excluding hydrogens is 382 g/mol. The van der Waals surface area contributed by atoms with E-state index in [1.165, 1.54) is 20.3 Å². The third-order valence-corrected chi connectivity index (χ3v) is 4.62. The Bertz CT molecular complexity index is 950. The van der Waals surface area contributed by atoms with Gasteiger partial charge < -0.3 is 4.74 Å². The number of aromatic nitrogens is 3. The van der Waals surface area contributed by atoms with Crippen LogP contribution in [0.15, 0.2) is 44.0 Å². The van der Waals surface area contributed by atoms with E-state index >= 15 is 0 Å². The van der Waals surface area contributed by atoms with E-state index in [2.05, 4.69) is 22.5 Å². The van der Waals surface area contributed by atoms with Gasteiger partial charge in [0.05, 0.1) is 18.6 Å². The van der Waals surface area contributed by atoms with E-state index in [-0.39, 0.29) is 10.8 Å². The average molecular weight is 405 g/mol. The minimum absolute atomic E-state index is 0.0536. The highest BCUT2D eigenvalue weighted by atomic mass is 32.2.